The Labute approximate surface area is 179 Å². The van der Waals surface area contributed by atoms with Crippen LogP contribution in [0.3, 0.4) is 0 Å². The maximum absolute atomic E-state index is 12.7. The molecule has 0 unspecified atom stereocenters. The molecule has 1 atom stereocenters. The molecule has 0 bridgehead atoms. The first kappa shape index (κ1) is 20.7. The molecule has 4 rings (SSSR count). The van der Waals surface area contributed by atoms with Crippen LogP contribution in [0.4, 0.5) is 17.1 Å². The number of carbonyl (C=O) groups excluding carboxylic acids is 1. The van der Waals surface area contributed by atoms with Crippen LogP contribution >= 0.6 is 0 Å². The number of benzene rings is 2. The highest BCUT2D eigenvalue weighted by molar-refractivity contribution is 5.95. The van der Waals surface area contributed by atoms with Gasteiger partial charge in [-0.2, -0.15) is 0 Å². The maximum atomic E-state index is 12.7. The van der Waals surface area contributed by atoms with Crippen LogP contribution < -0.4 is 20.5 Å². The zero-order valence-corrected chi connectivity index (χ0v) is 17.4. The highest BCUT2D eigenvalue weighted by Crippen LogP contribution is 2.35. The van der Waals surface area contributed by atoms with Crippen molar-refractivity contribution in [1.82, 2.24) is 4.90 Å². The van der Waals surface area contributed by atoms with Crippen molar-refractivity contribution in [3.63, 3.8) is 0 Å². The summed E-state index contributed by atoms with van der Waals surface area (Å²) < 4.78 is 10.6. The number of nitrogens with two attached hydrogens (primary N) is 1. The number of nitrogen functional groups attached to an aromatic ring is 1. The molecule has 2 aliphatic rings. The van der Waals surface area contributed by atoms with E-state index in [2.05, 4.69) is 10.2 Å². The SMILES string of the molecule is Cc1cc(C2=CCN([C@H](C)C(=O)Nc3ccc4c(c3)OCO4)CC2)cc([N+](=O)[O-])c1N. The fourth-order valence-corrected chi connectivity index (χ4v) is 3.80. The lowest BCUT2D eigenvalue weighted by Crippen LogP contribution is -2.44. The van der Waals surface area contributed by atoms with Crippen LogP contribution in [0, 0.1) is 17.0 Å². The van der Waals surface area contributed by atoms with Crippen molar-refractivity contribution in [2.75, 3.05) is 30.9 Å². The van der Waals surface area contributed by atoms with E-state index in [1.807, 2.05) is 19.1 Å². The molecule has 0 fully saturated rings. The van der Waals surface area contributed by atoms with Crippen molar-refractivity contribution in [3.8, 4) is 11.5 Å². The highest BCUT2D eigenvalue weighted by Gasteiger charge is 2.25. The van der Waals surface area contributed by atoms with E-state index in [0.717, 1.165) is 11.1 Å². The zero-order chi connectivity index (χ0) is 22.1. The van der Waals surface area contributed by atoms with Crippen LogP contribution in [0.15, 0.2) is 36.4 Å². The number of aryl methyl sites for hydroxylation is 1. The third-order valence-corrected chi connectivity index (χ3v) is 5.74. The number of hydrogen-bond donors (Lipinski definition) is 2. The van der Waals surface area contributed by atoms with Gasteiger partial charge in [-0.1, -0.05) is 6.08 Å². The molecule has 2 aromatic rings. The molecule has 31 heavy (non-hydrogen) atoms. The first-order chi connectivity index (χ1) is 14.8. The van der Waals surface area contributed by atoms with E-state index in [1.54, 1.807) is 25.1 Å². The van der Waals surface area contributed by atoms with Crippen molar-refractivity contribution >= 4 is 28.5 Å². The molecule has 0 saturated carbocycles. The number of fused-ring (bicyclic) bond motifs is 1. The van der Waals surface area contributed by atoms with Gasteiger partial charge in [0.05, 0.1) is 11.0 Å². The molecule has 0 aliphatic carbocycles. The Morgan fingerprint density at radius 1 is 1.26 bits per heavy atom. The van der Waals surface area contributed by atoms with Crippen LogP contribution in [0.1, 0.15) is 24.5 Å². The fraction of sp³-hybridized carbons (Fsp3) is 0.318. The van der Waals surface area contributed by atoms with E-state index in [9.17, 15) is 14.9 Å². The summed E-state index contributed by atoms with van der Waals surface area (Å²) >= 11 is 0. The second-order valence-corrected chi connectivity index (χ2v) is 7.69. The molecule has 0 radical (unpaired) electrons. The second-order valence-electron chi connectivity index (χ2n) is 7.69. The molecular weight excluding hydrogens is 400 g/mol. The summed E-state index contributed by atoms with van der Waals surface area (Å²) in [5.41, 5.74) is 9.12. The molecular formula is C22H24N4O5. The standard InChI is InChI=1S/C22H24N4O5/c1-13-9-16(10-18(21(13)23)26(28)29)15-5-7-25(8-6-15)14(2)22(27)24-17-3-4-19-20(11-17)31-12-30-19/h3-5,9-11,14H,6-8,12,23H2,1-2H3,(H,24,27)/t14-/m1/s1. The number of carbonyl (C=O) groups is 1. The molecule has 9 nitrogen and oxygen atoms in total. The van der Waals surface area contributed by atoms with Gasteiger partial charge in [-0.05, 0) is 55.2 Å². The summed E-state index contributed by atoms with van der Waals surface area (Å²) in [5.74, 6) is 1.16. The predicted molar refractivity (Wildman–Crippen MR) is 117 cm³/mol. The van der Waals surface area contributed by atoms with Crippen molar-refractivity contribution < 1.29 is 19.2 Å². The van der Waals surface area contributed by atoms with Crippen molar-refractivity contribution in [1.29, 1.82) is 0 Å². The summed E-state index contributed by atoms with van der Waals surface area (Å²) in [6.45, 7) is 5.05. The normalized spacial score (nSPS) is 16.5. The Bertz CT molecular complexity index is 1080. The first-order valence-corrected chi connectivity index (χ1v) is 10.0. The predicted octanol–water partition coefficient (Wildman–Crippen LogP) is 3.33. The van der Waals surface area contributed by atoms with E-state index >= 15 is 0 Å². The number of rotatable bonds is 5. The lowest BCUT2D eigenvalue weighted by Gasteiger charge is -2.31. The van der Waals surface area contributed by atoms with Gasteiger partial charge in [0.2, 0.25) is 12.7 Å². The third-order valence-electron chi connectivity index (χ3n) is 5.74. The van der Waals surface area contributed by atoms with Crippen LogP contribution in [0.25, 0.3) is 5.57 Å². The van der Waals surface area contributed by atoms with Crippen LogP contribution in [-0.2, 0) is 4.79 Å². The van der Waals surface area contributed by atoms with Gasteiger partial charge >= 0.3 is 0 Å². The highest BCUT2D eigenvalue weighted by atomic mass is 16.7. The lowest BCUT2D eigenvalue weighted by molar-refractivity contribution is -0.383. The van der Waals surface area contributed by atoms with E-state index in [-0.39, 0.29) is 30.1 Å². The Kier molecular flexibility index (Phi) is 5.51. The van der Waals surface area contributed by atoms with E-state index in [0.29, 0.717) is 42.3 Å². The van der Waals surface area contributed by atoms with Gasteiger partial charge in [-0.25, -0.2) is 0 Å². The van der Waals surface area contributed by atoms with Gasteiger partial charge in [-0.15, -0.1) is 0 Å². The van der Waals surface area contributed by atoms with E-state index in [1.165, 1.54) is 6.07 Å². The van der Waals surface area contributed by atoms with Gasteiger partial charge in [-0.3, -0.25) is 19.8 Å². The van der Waals surface area contributed by atoms with Gasteiger partial charge < -0.3 is 20.5 Å². The summed E-state index contributed by atoms with van der Waals surface area (Å²) in [6.07, 6.45) is 2.70. The summed E-state index contributed by atoms with van der Waals surface area (Å²) in [5, 5.41) is 14.2. The Hall–Kier alpha value is -3.59. The number of anilines is 2. The molecule has 0 aromatic heterocycles. The number of nitrogens with one attached hydrogen (secondary N) is 1. The molecule has 0 saturated heterocycles. The number of nitro groups is 1. The smallest absolute Gasteiger partial charge is 0.292 e. The van der Waals surface area contributed by atoms with Crippen LogP contribution in [0.5, 0.6) is 11.5 Å². The number of nitrogens with zero attached hydrogens (tertiary/aromatic N) is 2. The van der Waals surface area contributed by atoms with Crippen LogP contribution in [-0.4, -0.2) is 41.7 Å². The number of ether oxygens (including phenoxy) is 2. The molecule has 9 heteroatoms. The second kappa shape index (κ2) is 8.27. The Morgan fingerprint density at radius 2 is 2.03 bits per heavy atom. The number of hydrogen-bond acceptors (Lipinski definition) is 7. The molecule has 2 aromatic carbocycles. The molecule has 1 amide bonds. The van der Waals surface area contributed by atoms with Crippen molar-refractivity contribution in [2.45, 2.75) is 26.3 Å². The molecule has 0 spiro atoms. The van der Waals surface area contributed by atoms with Crippen molar-refractivity contribution in [2.24, 2.45) is 0 Å². The summed E-state index contributed by atoms with van der Waals surface area (Å²) in [6, 6.07) is 8.36. The average molecular weight is 424 g/mol. The van der Waals surface area contributed by atoms with Gasteiger partial charge in [0.25, 0.3) is 5.69 Å². The Morgan fingerprint density at radius 3 is 2.74 bits per heavy atom. The van der Waals surface area contributed by atoms with Crippen molar-refractivity contribution in [3.05, 3.63) is 57.6 Å². The van der Waals surface area contributed by atoms with E-state index in [4.69, 9.17) is 15.2 Å². The number of nitro benzene ring substituents is 1. The van der Waals surface area contributed by atoms with Gasteiger partial charge in [0.15, 0.2) is 11.5 Å². The third kappa shape index (κ3) is 4.17. The van der Waals surface area contributed by atoms with Gasteiger partial charge in [0, 0.05) is 30.9 Å². The molecule has 2 heterocycles. The minimum absolute atomic E-state index is 0.0743. The van der Waals surface area contributed by atoms with Gasteiger partial charge in [0.1, 0.15) is 5.69 Å². The first-order valence-electron chi connectivity index (χ1n) is 10.0. The maximum Gasteiger partial charge on any atom is 0.292 e. The Balaban J connectivity index is 1.43. The minimum Gasteiger partial charge on any atom is -0.454 e. The topological polar surface area (TPSA) is 120 Å². The molecule has 2 aliphatic heterocycles. The van der Waals surface area contributed by atoms with Crippen LogP contribution in [0.2, 0.25) is 0 Å². The summed E-state index contributed by atoms with van der Waals surface area (Å²) in [4.78, 5) is 25.6. The largest absolute Gasteiger partial charge is 0.454 e. The molecule has 162 valence electrons. The average Bonchev–Trinajstić information content (AvgIpc) is 3.22. The monoisotopic (exact) mass is 424 g/mol. The number of amides is 1. The lowest BCUT2D eigenvalue weighted by atomic mass is 9.96. The quantitative estimate of drug-likeness (QED) is 0.429. The summed E-state index contributed by atoms with van der Waals surface area (Å²) in [7, 11) is 0. The molecule has 3 N–H and O–H groups in total. The van der Waals surface area contributed by atoms with E-state index < -0.39 is 4.92 Å². The minimum atomic E-state index is -0.454. The zero-order valence-electron chi connectivity index (χ0n) is 17.4. The fourth-order valence-electron chi connectivity index (χ4n) is 3.80.